The summed E-state index contributed by atoms with van der Waals surface area (Å²) in [4.78, 5) is 11.8. The number of hydrogen-bond donors (Lipinski definition) is 1. The second-order valence-electron chi connectivity index (χ2n) is 4.68. The number of halogens is 1. The van der Waals surface area contributed by atoms with Crippen molar-refractivity contribution in [2.45, 2.75) is 45.8 Å². The fourth-order valence-electron chi connectivity index (χ4n) is 1.87. The van der Waals surface area contributed by atoms with E-state index in [1.807, 2.05) is 32.0 Å². The normalized spacial score (nSPS) is 13.7. The fraction of sp³-hybridized carbons (Fsp3) is 0.533. The minimum Gasteiger partial charge on any atom is -0.477 e. The third kappa shape index (κ3) is 4.80. The van der Waals surface area contributed by atoms with Crippen LogP contribution in [0.2, 0.25) is 0 Å². The number of ether oxygens (including phenoxy) is 2. The van der Waals surface area contributed by atoms with E-state index in [9.17, 15) is 4.79 Å². The topological polar surface area (TPSA) is 61.5 Å². The van der Waals surface area contributed by atoms with Crippen molar-refractivity contribution in [1.82, 2.24) is 0 Å². The molecule has 0 aromatic heterocycles. The highest BCUT2D eigenvalue weighted by molar-refractivity contribution is 9.10. The van der Waals surface area contributed by atoms with Gasteiger partial charge < -0.3 is 15.2 Å². The summed E-state index contributed by atoms with van der Waals surface area (Å²) >= 11 is 3.46. The standard InChI is InChI=1S/C15H22BrNO3/c1-4-13(15(18)19-5-2)20-14-11(9-10(3)17)7-6-8-12(14)16/h6-8,10,13H,4-5,9,17H2,1-3H3. The third-order valence-corrected chi connectivity index (χ3v) is 3.40. The predicted molar refractivity (Wildman–Crippen MR) is 82.8 cm³/mol. The Morgan fingerprint density at radius 1 is 1.40 bits per heavy atom. The zero-order chi connectivity index (χ0) is 15.1. The van der Waals surface area contributed by atoms with Crippen LogP contribution < -0.4 is 10.5 Å². The number of esters is 1. The molecular formula is C15H22BrNO3. The number of nitrogens with two attached hydrogens (primary N) is 1. The van der Waals surface area contributed by atoms with Crippen LogP contribution in [0.15, 0.2) is 22.7 Å². The minimum absolute atomic E-state index is 0.0225. The number of carbonyl (C=O) groups is 1. The molecule has 0 saturated heterocycles. The molecule has 1 aromatic carbocycles. The Morgan fingerprint density at radius 3 is 2.65 bits per heavy atom. The molecule has 0 aliphatic carbocycles. The Hall–Kier alpha value is -1.07. The van der Waals surface area contributed by atoms with E-state index in [1.54, 1.807) is 6.92 Å². The maximum atomic E-state index is 11.8. The van der Waals surface area contributed by atoms with Crippen molar-refractivity contribution >= 4 is 21.9 Å². The lowest BCUT2D eigenvalue weighted by atomic mass is 10.1. The van der Waals surface area contributed by atoms with Crippen LogP contribution in [0.3, 0.4) is 0 Å². The average molecular weight is 344 g/mol. The zero-order valence-corrected chi connectivity index (χ0v) is 13.8. The molecule has 2 N–H and O–H groups in total. The van der Waals surface area contributed by atoms with Gasteiger partial charge >= 0.3 is 5.97 Å². The largest absolute Gasteiger partial charge is 0.477 e. The number of para-hydroxylation sites is 1. The molecule has 112 valence electrons. The molecule has 0 amide bonds. The van der Waals surface area contributed by atoms with Crippen LogP contribution in [0.4, 0.5) is 0 Å². The molecule has 2 atom stereocenters. The zero-order valence-electron chi connectivity index (χ0n) is 12.2. The highest BCUT2D eigenvalue weighted by Crippen LogP contribution is 2.31. The van der Waals surface area contributed by atoms with Gasteiger partial charge in [0, 0.05) is 6.04 Å². The van der Waals surface area contributed by atoms with Crippen LogP contribution >= 0.6 is 15.9 Å². The summed E-state index contributed by atoms with van der Waals surface area (Å²) in [5.41, 5.74) is 6.84. The van der Waals surface area contributed by atoms with Gasteiger partial charge in [-0.15, -0.1) is 0 Å². The van der Waals surface area contributed by atoms with Crippen LogP contribution in [-0.2, 0) is 16.0 Å². The van der Waals surface area contributed by atoms with Gasteiger partial charge in [0.2, 0.25) is 0 Å². The summed E-state index contributed by atoms with van der Waals surface area (Å²) < 4.78 is 11.7. The molecular weight excluding hydrogens is 322 g/mol. The lowest BCUT2D eigenvalue weighted by Gasteiger charge is -2.20. The number of hydrogen-bond acceptors (Lipinski definition) is 4. The van der Waals surface area contributed by atoms with Gasteiger partial charge in [-0.3, -0.25) is 0 Å². The van der Waals surface area contributed by atoms with Crippen LogP contribution in [-0.4, -0.2) is 24.7 Å². The summed E-state index contributed by atoms with van der Waals surface area (Å²) in [7, 11) is 0. The highest BCUT2D eigenvalue weighted by atomic mass is 79.9. The highest BCUT2D eigenvalue weighted by Gasteiger charge is 2.22. The van der Waals surface area contributed by atoms with Crippen molar-refractivity contribution in [2.75, 3.05) is 6.61 Å². The molecule has 4 nitrogen and oxygen atoms in total. The van der Waals surface area contributed by atoms with Gasteiger partial charge in [-0.1, -0.05) is 19.1 Å². The van der Waals surface area contributed by atoms with E-state index in [0.29, 0.717) is 25.2 Å². The van der Waals surface area contributed by atoms with Gasteiger partial charge in [0.05, 0.1) is 11.1 Å². The van der Waals surface area contributed by atoms with Crippen LogP contribution in [0.25, 0.3) is 0 Å². The SMILES string of the molecule is CCOC(=O)C(CC)Oc1c(Br)cccc1CC(C)N. The third-order valence-electron chi connectivity index (χ3n) is 2.77. The first-order valence-electron chi connectivity index (χ1n) is 6.85. The molecule has 0 bridgehead atoms. The lowest BCUT2D eigenvalue weighted by molar-refractivity contribution is -0.151. The Balaban J connectivity index is 2.96. The maximum Gasteiger partial charge on any atom is 0.347 e. The summed E-state index contributed by atoms with van der Waals surface area (Å²) in [6.45, 7) is 5.96. The molecule has 0 spiro atoms. The summed E-state index contributed by atoms with van der Waals surface area (Å²) in [6, 6.07) is 5.80. The van der Waals surface area contributed by atoms with Gasteiger partial charge in [-0.25, -0.2) is 4.79 Å². The molecule has 1 aromatic rings. The molecule has 0 fully saturated rings. The molecule has 20 heavy (non-hydrogen) atoms. The van der Waals surface area contributed by atoms with E-state index in [-0.39, 0.29) is 12.0 Å². The van der Waals surface area contributed by atoms with Crippen molar-refractivity contribution in [3.63, 3.8) is 0 Å². The molecule has 5 heteroatoms. The van der Waals surface area contributed by atoms with Crippen molar-refractivity contribution in [3.8, 4) is 5.75 Å². The average Bonchev–Trinajstić information content (AvgIpc) is 2.38. The summed E-state index contributed by atoms with van der Waals surface area (Å²) in [5.74, 6) is 0.335. The first-order chi connectivity index (χ1) is 9.49. The molecule has 0 aliphatic heterocycles. The quantitative estimate of drug-likeness (QED) is 0.773. The van der Waals surface area contributed by atoms with Gasteiger partial charge in [-0.05, 0) is 54.2 Å². The van der Waals surface area contributed by atoms with Crippen molar-refractivity contribution in [3.05, 3.63) is 28.2 Å². The Kier molecular flexibility index (Phi) is 7.02. The molecule has 0 aliphatic rings. The molecule has 0 saturated carbocycles. The van der Waals surface area contributed by atoms with E-state index < -0.39 is 6.10 Å². The lowest BCUT2D eigenvalue weighted by Crippen LogP contribution is -2.29. The monoisotopic (exact) mass is 343 g/mol. The summed E-state index contributed by atoms with van der Waals surface area (Å²) in [5, 5.41) is 0. The smallest absolute Gasteiger partial charge is 0.347 e. The first-order valence-corrected chi connectivity index (χ1v) is 7.65. The van der Waals surface area contributed by atoms with Crippen molar-refractivity contribution in [1.29, 1.82) is 0 Å². The van der Waals surface area contributed by atoms with Crippen LogP contribution in [0.1, 0.15) is 32.8 Å². The molecule has 0 heterocycles. The second kappa shape index (κ2) is 8.27. The fourth-order valence-corrected chi connectivity index (χ4v) is 2.37. The molecule has 1 rings (SSSR count). The number of benzene rings is 1. The van der Waals surface area contributed by atoms with Crippen molar-refractivity contribution < 1.29 is 14.3 Å². The van der Waals surface area contributed by atoms with Gasteiger partial charge in [0.25, 0.3) is 0 Å². The van der Waals surface area contributed by atoms with Crippen LogP contribution in [0.5, 0.6) is 5.75 Å². The van der Waals surface area contributed by atoms with Crippen LogP contribution in [0, 0.1) is 0 Å². The van der Waals surface area contributed by atoms with Gasteiger partial charge in [-0.2, -0.15) is 0 Å². The minimum atomic E-state index is -0.597. The number of rotatable bonds is 7. The molecule has 0 radical (unpaired) electrons. The molecule has 2 unspecified atom stereocenters. The first kappa shape index (κ1) is 17.0. The number of carbonyl (C=O) groups excluding carboxylic acids is 1. The Morgan fingerprint density at radius 2 is 2.10 bits per heavy atom. The predicted octanol–water partition coefficient (Wildman–Crippen LogP) is 3.06. The van der Waals surface area contributed by atoms with E-state index in [2.05, 4.69) is 15.9 Å². The summed E-state index contributed by atoms with van der Waals surface area (Å²) in [6.07, 6.45) is 0.645. The van der Waals surface area contributed by atoms with Crippen molar-refractivity contribution in [2.24, 2.45) is 5.73 Å². The second-order valence-corrected chi connectivity index (χ2v) is 5.53. The van der Waals surface area contributed by atoms with Gasteiger partial charge in [0.15, 0.2) is 6.10 Å². The van der Waals surface area contributed by atoms with Gasteiger partial charge in [0.1, 0.15) is 5.75 Å². The Labute approximate surface area is 128 Å². The maximum absolute atomic E-state index is 11.8. The van der Waals surface area contributed by atoms with E-state index in [1.165, 1.54) is 0 Å². The van der Waals surface area contributed by atoms with E-state index in [4.69, 9.17) is 15.2 Å². The van der Waals surface area contributed by atoms with E-state index >= 15 is 0 Å². The Bertz CT molecular complexity index is 449. The van der Waals surface area contributed by atoms with E-state index in [0.717, 1.165) is 10.0 Å².